The highest BCUT2D eigenvalue weighted by Crippen LogP contribution is 2.29. The zero-order valence-corrected chi connectivity index (χ0v) is 11.9. The summed E-state index contributed by atoms with van der Waals surface area (Å²) in [5, 5.41) is 2.21. The number of anilines is 1. The number of benzene rings is 1. The molecule has 0 amide bonds. The standard InChI is InChI=1S/C15H17BrN2/c16-10-11-18(13-5-3-6-13)15-9-8-12-4-1-2-7-14(12)17-15/h1-2,4,7-9,13H,3,5-6,10-11H2. The molecule has 18 heavy (non-hydrogen) atoms. The Morgan fingerprint density at radius 2 is 2.00 bits per heavy atom. The van der Waals surface area contributed by atoms with E-state index in [-0.39, 0.29) is 0 Å². The Bertz CT molecular complexity index is 537. The molecule has 0 aliphatic heterocycles. The maximum Gasteiger partial charge on any atom is 0.129 e. The molecular formula is C15H17BrN2. The van der Waals surface area contributed by atoms with Crippen LogP contribution < -0.4 is 4.90 Å². The number of pyridine rings is 1. The fraction of sp³-hybridized carbons (Fsp3) is 0.400. The summed E-state index contributed by atoms with van der Waals surface area (Å²) in [5.41, 5.74) is 1.09. The molecule has 0 spiro atoms. The molecule has 1 heterocycles. The minimum atomic E-state index is 0.691. The number of alkyl halides is 1. The average molecular weight is 305 g/mol. The number of rotatable bonds is 4. The van der Waals surface area contributed by atoms with E-state index in [1.165, 1.54) is 24.6 Å². The maximum absolute atomic E-state index is 4.80. The molecule has 2 nitrogen and oxygen atoms in total. The van der Waals surface area contributed by atoms with Crippen molar-refractivity contribution in [1.29, 1.82) is 0 Å². The van der Waals surface area contributed by atoms with Gasteiger partial charge in [-0.05, 0) is 37.5 Å². The van der Waals surface area contributed by atoms with Gasteiger partial charge in [0, 0.05) is 23.3 Å². The molecule has 1 fully saturated rings. The van der Waals surface area contributed by atoms with Gasteiger partial charge >= 0.3 is 0 Å². The van der Waals surface area contributed by atoms with Gasteiger partial charge in [-0.1, -0.05) is 34.1 Å². The molecule has 0 radical (unpaired) electrons. The van der Waals surface area contributed by atoms with E-state index in [9.17, 15) is 0 Å². The molecular weight excluding hydrogens is 288 g/mol. The molecule has 1 aromatic heterocycles. The van der Waals surface area contributed by atoms with Crippen molar-refractivity contribution in [3.63, 3.8) is 0 Å². The van der Waals surface area contributed by atoms with Gasteiger partial charge in [-0.25, -0.2) is 4.98 Å². The lowest BCUT2D eigenvalue weighted by Crippen LogP contribution is -2.41. The Balaban J connectivity index is 1.95. The summed E-state index contributed by atoms with van der Waals surface area (Å²) in [4.78, 5) is 7.25. The van der Waals surface area contributed by atoms with Crippen LogP contribution in [0.3, 0.4) is 0 Å². The lowest BCUT2D eigenvalue weighted by atomic mass is 9.91. The van der Waals surface area contributed by atoms with E-state index in [1.807, 2.05) is 0 Å². The third-order valence-corrected chi connectivity index (χ3v) is 4.07. The maximum atomic E-state index is 4.80. The highest BCUT2D eigenvalue weighted by Gasteiger charge is 2.25. The molecule has 1 saturated carbocycles. The Hall–Kier alpha value is -1.09. The summed E-state index contributed by atoms with van der Waals surface area (Å²) in [6.07, 6.45) is 3.97. The summed E-state index contributed by atoms with van der Waals surface area (Å²) < 4.78 is 0. The first-order chi connectivity index (χ1) is 8.88. The molecule has 0 unspecified atom stereocenters. The first kappa shape index (κ1) is 12.0. The van der Waals surface area contributed by atoms with Crippen LogP contribution in [-0.2, 0) is 0 Å². The van der Waals surface area contributed by atoms with Gasteiger partial charge in [-0.3, -0.25) is 0 Å². The third-order valence-electron chi connectivity index (χ3n) is 3.72. The number of aromatic nitrogens is 1. The number of para-hydroxylation sites is 1. The highest BCUT2D eigenvalue weighted by atomic mass is 79.9. The molecule has 1 aliphatic rings. The zero-order valence-electron chi connectivity index (χ0n) is 10.3. The number of hydrogen-bond donors (Lipinski definition) is 0. The summed E-state index contributed by atoms with van der Waals surface area (Å²) in [6.45, 7) is 1.04. The van der Waals surface area contributed by atoms with Crippen molar-refractivity contribution in [3.05, 3.63) is 36.4 Å². The van der Waals surface area contributed by atoms with E-state index < -0.39 is 0 Å². The van der Waals surface area contributed by atoms with Gasteiger partial charge in [0.05, 0.1) is 5.52 Å². The predicted octanol–water partition coefficient (Wildman–Crippen LogP) is 3.99. The minimum Gasteiger partial charge on any atom is -0.353 e. The van der Waals surface area contributed by atoms with E-state index >= 15 is 0 Å². The molecule has 3 rings (SSSR count). The van der Waals surface area contributed by atoms with Crippen LogP contribution in [0.2, 0.25) is 0 Å². The Morgan fingerprint density at radius 1 is 1.17 bits per heavy atom. The minimum absolute atomic E-state index is 0.691. The number of fused-ring (bicyclic) bond motifs is 1. The molecule has 0 saturated heterocycles. The summed E-state index contributed by atoms with van der Waals surface area (Å²) >= 11 is 3.55. The molecule has 0 atom stereocenters. The van der Waals surface area contributed by atoms with E-state index in [2.05, 4.69) is 57.2 Å². The van der Waals surface area contributed by atoms with Crippen LogP contribution in [0.5, 0.6) is 0 Å². The predicted molar refractivity (Wildman–Crippen MR) is 80.5 cm³/mol. The van der Waals surface area contributed by atoms with Crippen molar-refractivity contribution in [2.24, 2.45) is 0 Å². The first-order valence-corrected chi connectivity index (χ1v) is 7.69. The molecule has 1 aromatic carbocycles. The van der Waals surface area contributed by atoms with E-state index in [4.69, 9.17) is 4.98 Å². The van der Waals surface area contributed by atoms with Gasteiger partial charge in [0.25, 0.3) is 0 Å². The van der Waals surface area contributed by atoms with E-state index in [1.54, 1.807) is 0 Å². The molecule has 2 aromatic rings. The lowest BCUT2D eigenvalue weighted by molar-refractivity contribution is 0.389. The fourth-order valence-corrected chi connectivity index (χ4v) is 2.87. The Labute approximate surface area is 116 Å². The van der Waals surface area contributed by atoms with Crippen molar-refractivity contribution in [3.8, 4) is 0 Å². The van der Waals surface area contributed by atoms with Crippen LogP contribution >= 0.6 is 15.9 Å². The van der Waals surface area contributed by atoms with Crippen LogP contribution in [0, 0.1) is 0 Å². The summed E-state index contributed by atoms with van der Waals surface area (Å²) in [5.74, 6) is 1.12. The monoisotopic (exact) mass is 304 g/mol. The second-order valence-electron chi connectivity index (χ2n) is 4.83. The van der Waals surface area contributed by atoms with Gasteiger partial charge in [-0.2, -0.15) is 0 Å². The zero-order chi connectivity index (χ0) is 12.4. The van der Waals surface area contributed by atoms with E-state index in [0.29, 0.717) is 6.04 Å². The van der Waals surface area contributed by atoms with Crippen molar-refractivity contribution in [2.75, 3.05) is 16.8 Å². The van der Waals surface area contributed by atoms with Crippen LogP contribution in [0.15, 0.2) is 36.4 Å². The van der Waals surface area contributed by atoms with Crippen molar-refractivity contribution in [2.45, 2.75) is 25.3 Å². The molecule has 94 valence electrons. The molecule has 1 aliphatic carbocycles. The lowest BCUT2D eigenvalue weighted by Gasteiger charge is -2.38. The molecule has 0 N–H and O–H groups in total. The Kier molecular flexibility index (Phi) is 3.50. The number of nitrogens with zero attached hydrogens (tertiary/aromatic N) is 2. The molecule has 3 heteroatoms. The van der Waals surface area contributed by atoms with Crippen LogP contribution in [0.4, 0.5) is 5.82 Å². The molecule has 0 bridgehead atoms. The van der Waals surface area contributed by atoms with Crippen molar-refractivity contribution < 1.29 is 0 Å². The second kappa shape index (κ2) is 5.27. The number of halogens is 1. The van der Waals surface area contributed by atoms with Gasteiger partial charge in [0.2, 0.25) is 0 Å². The Morgan fingerprint density at radius 3 is 2.72 bits per heavy atom. The van der Waals surface area contributed by atoms with Crippen molar-refractivity contribution in [1.82, 2.24) is 4.98 Å². The van der Waals surface area contributed by atoms with Crippen LogP contribution in [0.25, 0.3) is 10.9 Å². The average Bonchev–Trinajstić information content (AvgIpc) is 2.35. The fourth-order valence-electron chi connectivity index (χ4n) is 2.49. The SMILES string of the molecule is BrCCN(c1ccc2ccccc2n1)C1CCC1. The highest BCUT2D eigenvalue weighted by molar-refractivity contribution is 9.09. The van der Waals surface area contributed by atoms with Gasteiger partial charge in [0.1, 0.15) is 5.82 Å². The normalized spacial score (nSPS) is 15.6. The van der Waals surface area contributed by atoms with Crippen molar-refractivity contribution >= 4 is 32.7 Å². The largest absolute Gasteiger partial charge is 0.353 e. The van der Waals surface area contributed by atoms with Gasteiger partial charge in [-0.15, -0.1) is 0 Å². The van der Waals surface area contributed by atoms with Crippen LogP contribution in [-0.4, -0.2) is 22.9 Å². The third kappa shape index (κ3) is 2.24. The second-order valence-corrected chi connectivity index (χ2v) is 5.62. The van der Waals surface area contributed by atoms with Gasteiger partial charge in [0.15, 0.2) is 0 Å². The number of hydrogen-bond acceptors (Lipinski definition) is 2. The quantitative estimate of drug-likeness (QED) is 0.794. The van der Waals surface area contributed by atoms with Crippen LogP contribution in [0.1, 0.15) is 19.3 Å². The summed E-state index contributed by atoms with van der Waals surface area (Å²) in [7, 11) is 0. The first-order valence-electron chi connectivity index (χ1n) is 6.57. The van der Waals surface area contributed by atoms with Gasteiger partial charge < -0.3 is 4.90 Å². The topological polar surface area (TPSA) is 16.1 Å². The smallest absolute Gasteiger partial charge is 0.129 e. The van der Waals surface area contributed by atoms with E-state index in [0.717, 1.165) is 23.2 Å². The summed E-state index contributed by atoms with van der Waals surface area (Å²) in [6, 6.07) is 13.3.